The highest BCUT2D eigenvalue weighted by atomic mass is 35.5. The fourth-order valence-electron chi connectivity index (χ4n) is 5.74. The first-order valence-corrected chi connectivity index (χ1v) is 12.3. The van der Waals surface area contributed by atoms with Crippen molar-refractivity contribution in [3.63, 3.8) is 0 Å². The molecule has 2 aliphatic rings. The number of nitrogens with zero attached hydrogens (tertiary/aromatic N) is 1. The Labute approximate surface area is 205 Å². The molecule has 1 aliphatic heterocycles. The maximum absolute atomic E-state index is 13.4. The standard InChI is InChI=1S/C26H33ClFN3O3/c1-4-12-31-13-11-26(17-5-8-22(33-2)23(14-17)34-3)10-9-19(16-24(26)31)30-25(32)29-18-6-7-21(28)20(27)15-18/h5-8,14-15,19,24H,4,9-13,16H2,1-3H3,(H2,29,30,32)/t19-,24+,26+/m1/s1. The van der Waals surface area contributed by atoms with Crippen LogP contribution in [0.2, 0.25) is 5.02 Å². The fourth-order valence-corrected chi connectivity index (χ4v) is 5.92. The molecule has 2 amide bonds. The molecule has 2 N–H and O–H groups in total. The number of carbonyl (C=O) groups is 1. The Hall–Kier alpha value is -2.51. The molecule has 2 aromatic carbocycles. The molecule has 1 saturated heterocycles. The van der Waals surface area contributed by atoms with Gasteiger partial charge in [-0.15, -0.1) is 0 Å². The Kier molecular flexibility index (Phi) is 7.53. The van der Waals surface area contributed by atoms with E-state index in [1.54, 1.807) is 14.2 Å². The number of benzene rings is 2. The third kappa shape index (κ3) is 4.82. The summed E-state index contributed by atoms with van der Waals surface area (Å²) in [6.07, 6.45) is 4.89. The summed E-state index contributed by atoms with van der Waals surface area (Å²) in [7, 11) is 3.32. The van der Waals surface area contributed by atoms with Crippen LogP contribution in [-0.2, 0) is 5.41 Å². The third-order valence-corrected chi connectivity index (χ3v) is 7.64. The zero-order valence-corrected chi connectivity index (χ0v) is 20.8. The van der Waals surface area contributed by atoms with Gasteiger partial charge in [0.25, 0.3) is 0 Å². The smallest absolute Gasteiger partial charge is 0.319 e. The molecule has 6 nitrogen and oxygen atoms in total. The van der Waals surface area contributed by atoms with Crippen LogP contribution in [0.1, 0.15) is 44.6 Å². The lowest BCUT2D eigenvalue weighted by atomic mass is 9.65. The molecule has 184 valence electrons. The summed E-state index contributed by atoms with van der Waals surface area (Å²) >= 11 is 5.84. The summed E-state index contributed by atoms with van der Waals surface area (Å²) in [5.41, 5.74) is 1.76. The van der Waals surface area contributed by atoms with Crippen molar-refractivity contribution in [3.05, 3.63) is 52.8 Å². The number of rotatable bonds is 7. The normalized spacial score (nSPS) is 24.4. The second-order valence-electron chi connectivity index (χ2n) is 9.23. The van der Waals surface area contributed by atoms with Crippen LogP contribution in [0, 0.1) is 5.82 Å². The van der Waals surface area contributed by atoms with Crippen molar-refractivity contribution in [2.45, 2.75) is 56.5 Å². The van der Waals surface area contributed by atoms with Gasteiger partial charge >= 0.3 is 6.03 Å². The largest absolute Gasteiger partial charge is 0.493 e. The van der Waals surface area contributed by atoms with Crippen LogP contribution in [0.25, 0.3) is 0 Å². The van der Waals surface area contributed by atoms with Crippen molar-refractivity contribution < 1.29 is 18.7 Å². The third-order valence-electron chi connectivity index (χ3n) is 7.35. The Bertz CT molecular complexity index is 1040. The van der Waals surface area contributed by atoms with Crippen molar-refractivity contribution in [2.75, 3.05) is 32.6 Å². The molecule has 0 aromatic heterocycles. The summed E-state index contributed by atoms with van der Waals surface area (Å²) in [6, 6.07) is 10.5. The van der Waals surface area contributed by atoms with E-state index in [1.807, 2.05) is 6.07 Å². The van der Waals surface area contributed by atoms with E-state index < -0.39 is 5.82 Å². The minimum atomic E-state index is -0.511. The van der Waals surface area contributed by atoms with Gasteiger partial charge in [-0.05, 0) is 81.1 Å². The van der Waals surface area contributed by atoms with E-state index in [0.717, 1.165) is 56.7 Å². The minimum Gasteiger partial charge on any atom is -0.493 e. The molecule has 0 bridgehead atoms. The maximum Gasteiger partial charge on any atom is 0.319 e. The number of fused-ring (bicyclic) bond motifs is 1. The number of urea groups is 1. The second-order valence-corrected chi connectivity index (χ2v) is 9.63. The average Bonchev–Trinajstić information content (AvgIpc) is 3.20. The molecule has 2 fully saturated rings. The van der Waals surface area contributed by atoms with Gasteiger partial charge in [-0.1, -0.05) is 24.6 Å². The fraction of sp³-hybridized carbons (Fsp3) is 0.500. The summed E-state index contributed by atoms with van der Waals surface area (Å²) in [6.45, 7) is 4.28. The predicted molar refractivity (Wildman–Crippen MR) is 133 cm³/mol. The molecular weight excluding hydrogens is 457 g/mol. The number of likely N-dealkylation sites (tertiary alicyclic amines) is 1. The van der Waals surface area contributed by atoms with Crippen molar-refractivity contribution >= 4 is 23.3 Å². The number of carbonyl (C=O) groups excluding carboxylic acids is 1. The van der Waals surface area contributed by atoms with Crippen LogP contribution in [0.4, 0.5) is 14.9 Å². The lowest BCUT2D eigenvalue weighted by Crippen LogP contribution is -2.53. The first-order valence-electron chi connectivity index (χ1n) is 11.9. The molecule has 34 heavy (non-hydrogen) atoms. The van der Waals surface area contributed by atoms with E-state index in [-0.39, 0.29) is 22.5 Å². The predicted octanol–water partition coefficient (Wildman–Crippen LogP) is 5.59. The van der Waals surface area contributed by atoms with Crippen molar-refractivity contribution in [1.82, 2.24) is 10.2 Å². The van der Waals surface area contributed by atoms with Gasteiger partial charge in [0.05, 0.1) is 19.2 Å². The van der Waals surface area contributed by atoms with E-state index in [0.29, 0.717) is 11.7 Å². The number of hydrogen-bond donors (Lipinski definition) is 2. The number of hydrogen-bond acceptors (Lipinski definition) is 4. The summed E-state index contributed by atoms with van der Waals surface area (Å²) in [5.74, 6) is 0.971. The van der Waals surface area contributed by atoms with Crippen molar-refractivity contribution in [2.24, 2.45) is 0 Å². The molecule has 0 unspecified atom stereocenters. The molecule has 0 radical (unpaired) electrons. The molecule has 4 rings (SSSR count). The Balaban J connectivity index is 1.51. The van der Waals surface area contributed by atoms with E-state index >= 15 is 0 Å². The molecule has 1 heterocycles. The van der Waals surface area contributed by atoms with E-state index in [1.165, 1.54) is 23.8 Å². The van der Waals surface area contributed by atoms with Gasteiger partial charge in [0.15, 0.2) is 11.5 Å². The quantitative estimate of drug-likeness (QED) is 0.532. The van der Waals surface area contributed by atoms with Crippen LogP contribution >= 0.6 is 11.6 Å². The van der Waals surface area contributed by atoms with Gasteiger partial charge in [0.2, 0.25) is 0 Å². The van der Waals surface area contributed by atoms with Gasteiger partial charge in [0.1, 0.15) is 5.82 Å². The number of amides is 2. The first kappa shape index (κ1) is 24.6. The van der Waals surface area contributed by atoms with Gasteiger partial charge in [-0.3, -0.25) is 4.90 Å². The second kappa shape index (κ2) is 10.4. The number of anilines is 1. The highest BCUT2D eigenvalue weighted by Crippen LogP contribution is 2.50. The zero-order valence-electron chi connectivity index (χ0n) is 20.0. The van der Waals surface area contributed by atoms with Crippen LogP contribution in [0.5, 0.6) is 11.5 Å². The molecule has 2 aromatic rings. The van der Waals surface area contributed by atoms with E-state index in [9.17, 15) is 9.18 Å². The highest BCUT2D eigenvalue weighted by Gasteiger charge is 2.51. The molecular formula is C26H33ClFN3O3. The number of nitrogens with one attached hydrogen (secondary N) is 2. The van der Waals surface area contributed by atoms with Gasteiger partial charge in [-0.2, -0.15) is 0 Å². The minimum absolute atomic E-state index is 0.0173. The summed E-state index contributed by atoms with van der Waals surface area (Å²) in [5, 5.41) is 5.89. The molecule has 1 saturated carbocycles. The van der Waals surface area contributed by atoms with Gasteiger partial charge in [-0.25, -0.2) is 9.18 Å². The molecule has 3 atom stereocenters. The molecule has 0 spiro atoms. The van der Waals surface area contributed by atoms with E-state index in [2.05, 4.69) is 34.6 Å². The molecule has 1 aliphatic carbocycles. The maximum atomic E-state index is 13.4. The Morgan fingerprint density at radius 1 is 1.18 bits per heavy atom. The van der Waals surface area contributed by atoms with Crippen molar-refractivity contribution in [1.29, 1.82) is 0 Å². The first-order chi connectivity index (χ1) is 16.4. The Morgan fingerprint density at radius 2 is 1.97 bits per heavy atom. The number of methoxy groups -OCH3 is 2. The average molecular weight is 490 g/mol. The summed E-state index contributed by atoms with van der Waals surface area (Å²) in [4.78, 5) is 15.2. The number of halogens is 2. The molecule has 8 heteroatoms. The van der Waals surface area contributed by atoms with Crippen LogP contribution < -0.4 is 20.1 Å². The monoisotopic (exact) mass is 489 g/mol. The van der Waals surface area contributed by atoms with Gasteiger partial charge in [0, 0.05) is 23.2 Å². The zero-order chi connectivity index (χ0) is 24.3. The van der Waals surface area contributed by atoms with Gasteiger partial charge < -0.3 is 20.1 Å². The Morgan fingerprint density at radius 3 is 2.68 bits per heavy atom. The summed E-state index contributed by atoms with van der Waals surface area (Å²) < 4.78 is 24.5. The van der Waals surface area contributed by atoms with E-state index in [4.69, 9.17) is 21.1 Å². The van der Waals surface area contributed by atoms with Crippen molar-refractivity contribution in [3.8, 4) is 11.5 Å². The highest BCUT2D eigenvalue weighted by molar-refractivity contribution is 6.31. The van der Waals surface area contributed by atoms with Crippen LogP contribution in [-0.4, -0.2) is 50.3 Å². The SMILES string of the molecule is CCCN1CC[C@]2(c3ccc(OC)c(OC)c3)CC[C@@H](NC(=O)Nc3ccc(F)c(Cl)c3)C[C@H]12. The lowest BCUT2D eigenvalue weighted by Gasteiger charge is -2.45. The number of ether oxygens (including phenoxy) is 2. The lowest BCUT2D eigenvalue weighted by molar-refractivity contribution is 0.136. The topological polar surface area (TPSA) is 62.8 Å². The van der Waals surface area contributed by atoms with Crippen LogP contribution in [0.15, 0.2) is 36.4 Å². The van der Waals surface area contributed by atoms with Crippen LogP contribution in [0.3, 0.4) is 0 Å².